The van der Waals surface area contributed by atoms with Crippen LogP contribution in [0.2, 0.25) is 0 Å². The first kappa shape index (κ1) is 30.9. The van der Waals surface area contributed by atoms with Crippen molar-refractivity contribution in [3.63, 3.8) is 0 Å². The van der Waals surface area contributed by atoms with Gasteiger partial charge < -0.3 is 0 Å². The van der Waals surface area contributed by atoms with E-state index < -0.39 is 50.9 Å². The van der Waals surface area contributed by atoms with Crippen LogP contribution in [0.1, 0.15) is 51.7 Å². The quantitative estimate of drug-likeness (QED) is 0.126. The molecule has 0 bridgehead atoms. The molecule has 0 aromatic heterocycles. The molecule has 1 aliphatic carbocycles. The van der Waals surface area contributed by atoms with Gasteiger partial charge in [-0.1, -0.05) is 0 Å². The second-order valence-corrected chi connectivity index (χ2v) is 27.1. The van der Waals surface area contributed by atoms with Gasteiger partial charge in [0.05, 0.1) is 0 Å². The summed E-state index contributed by atoms with van der Waals surface area (Å²) >= 11 is -4.33. The van der Waals surface area contributed by atoms with Gasteiger partial charge in [0.2, 0.25) is 0 Å². The van der Waals surface area contributed by atoms with Crippen molar-refractivity contribution < 1.29 is 44.2 Å². The molecule has 0 saturated heterocycles. The molecule has 1 unspecified atom stereocenters. The SMILES string of the molecule is CCCc1ccc2c(c1-c1cc(C(F)(F)F)cc(C(F)(F)F)c1)C=C(C)[CH]2[Zr]([Cl])([Cl])[c]1cccc2c1[SiH2]c1ccccc1-2. The topological polar surface area (TPSA) is 0 Å². The Kier molecular flexibility index (Phi) is 7.93. The first-order valence-corrected chi connectivity index (χ1v) is 24.3. The molecule has 1 aliphatic heterocycles. The number of hydrogen-bond donors (Lipinski definition) is 0. The molecule has 1 heterocycles. The van der Waals surface area contributed by atoms with Crippen molar-refractivity contribution in [1.82, 2.24) is 0 Å². The van der Waals surface area contributed by atoms with Crippen LogP contribution in [0.4, 0.5) is 26.3 Å². The van der Waals surface area contributed by atoms with Crippen LogP contribution in [0, 0.1) is 0 Å². The van der Waals surface area contributed by atoms with E-state index >= 15 is 0 Å². The van der Waals surface area contributed by atoms with Crippen molar-refractivity contribution in [2.75, 3.05) is 0 Å². The summed E-state index contributed by atoms with van der Waals surface area (Å²) in [5.74, 6) is 0. The van der Waals surface area contributed by atoms with Crippen molar-refractivity contribution >= 4 is 46.3 Å². The number of alkyl halides is 6. The first-order valence-electron chi connectivity index (χ1n) is 13.9. The Hall–Kier alpha value is -2.12. The van der Waals surface area contributed by atoms with Gasteiger partial charge in [-0.25, -0.2) is 0 Å². The molecule has 0 radical (unpaired) electrons. The van der Waals surface area contributed by atoms with E-state index in [1.54, 1.807) is 0 Å². The summed E-state index contributed by atoms with van der Waals surface area (Å²) in [6.45, 7) is 3.83. The second kappa shape index (κ2) is 11.0. The van der Waals surface area contributed by atoms with E-state index in [0.717, 1.165) is 32.1 Å². The maximum atomic E-state index is 13.8. The summed E-state index contributed by atoms with van der Waals surface area (Å²) in [7, 11) is 14.3. The van der Waals surface area contributed by atoms with Gasteiger partial charge in [-0.2, -0.15) is 0 Å². The average Bonchev–Trinajstić information content (AvgIpc) is 3.49. The van der Waals surface area contributed by atoms with Crippen LogP contribution in [0.5, 0.6) is 0 Å². The van der Waals surface area contributed by atoms with Crippen LogP contribution in [-0.4, -0.2) is 9.52 Å². The zero-order chi connectivity index (χ0) is 30.9. The molecule has 0 spiro atoms. The molecular formula is C33H26Cl2F6SiZr. The summed E-state index contributed by atoms with van der Waals surface area (Å²) in [5, 5.41) is 2.57. The van der Waals surface area contributed by atoms with E-state index in [0.29, 0.717) is 29.5 Å². The van der Waals surface area contributed by atoms with E-state index in [-0.39, 0.29) is 15.3 Å². The Morgan fingerprint density at radius 3 is 2.12 bits per heavy atom. The Balaban J connectivity index is 1.54. The van der Waals surface area contributed by atoms with Crippen LogP contribution in [-0.2, 0) is 36.7 Å². The number of allylic oxidation sites excluding steroid dienone is 1. The Morgan fingerprint density at radius 1 is 0.814 bits per heavy atom. The molecule has 0 N–H and O–H groups in total. The van der Waals surface area contributed by atoms with E-state index in [1.807, 2.05) is 56.3 Å². The fourth-order valence-electron chi connectivity index (χ4n) is 6.67. The zero-order valence-electron chi connectivity index (χ0n) is 23.2. The van der Waals surface area contributed by atoms with Gasteiger partial charge in [-0.05, 0) is 0 Å². The molecule has 0 fully saturated rings. The van der Waals surface area contributed by atoms with Crippen molar-refractivity contribution in [2.24, 2.45) is 0 Å². The third-order valence-corrected chi connectivity index (χ3v) is 23.0. The Bertz CT molecular complexity index is 1760. The number of hydrogen-bond acceptors (Lipinski definition) is 0. The van der Waals surface area contributed by atoms with Gasteiger partial charge >= 0.3 is 262 Å². The molecule has 222 valence electrons. The molecule has 0 saturated carbocycles. The predicted molar refractivity (Wildman–Crippen MR) is 163 cm³/mol. The fraction of sp³-hybridized carbons (Fsp3) is 0.212. The van der Waals surface area contributed by atoms with Crippen LogP contribution in [0.25, 0.3) is 28.3 Å². The van der Waals surface area contributed by atoms with E-state index in [2.05, 4.69) is 18.2 Å². The monoisotopic (exact) mass is 724 g/mol. The molecule has 2 aliphatic rings. The first-order chi connectivity index (χ1) is 20.2. The standard InChI is InChI=1S/C21H17F6.C12H9Si.2ClH.Zr/c1-3-4-13-5-6-14-7-12(2)8-18(14)19(13)15-9-16(20(22,23)24)11-17(10-15)21(25,26)27;1-3-7-11-9(5-1)10-6-2-4-8-12(10)13-11;;;/h5-11H,3-4H2,1-2H3;1-7H,13H2;2*1H;/q;;;;+2/p-2. The predicted octanol–water partition coefficient (Wildman–Crippen LogP) is 8.69. The number of benzene rings is 4. The van der Waals surface area contributed by atoms with Crippen LogP contribution < -0.4 is 13.6 Å². The minimum atomic E-state index is -4.94. The van der Waals surface area contributed by atoms with E-state index in [4.69, 9.17) is 17.0 Å². The molecule has 0 amide bonds. The molecule has 4 aromatic rings. The molecule has 1 atom stereocenters. The second-order valence-electron chi connectivity index (χ2n) is 11.3. The van der Waals surface area contributed by atoms with Gasteiger partial charge in [-0.15, -0.1) is 0 Å². The van der Waals surface area contributed by atoms with Gasteiger partial charge in [0.25, 0.3) is 0 Å². The molecule has 6 rings (SSSR count). The van der Waals surface area contributed by atoms with Gasteiger partial charge in [-0.3, -0.25) is 0 Å². The fourth-order valence-corrected chi connectivity index (χ4v) is 23.8. The zero-order valence-corrected chi connectivity index (χ0v) is 28.6. The summed E-state index contributed by atoms with van der Waals surface area (Å²) in [4.78, 5) is 0. The summed E-state index contributed by atoms with van der Waals surface area (Å²) in [6.07, 6.45) is -6.86. The van der Waals surface area contributed by atoms with Crippen LogP contribution in [0.3, 0.4) is 0 Å². The molecule has 10 heteroatoms. The van der Waals surface area contributed by atoms with Gasteiger partial charge in [0.15, 0.2) is 0 Å². The third kappa shape index (κ3) is 5.41. The average molecular weight is 727 g/mol. The molecule has 4 aromatic carbocycles. The summed E-state index contributed by atoms with van der Waals surface area (Å²) in [5.41, 5.74) is 2.91. The summed E-state index contributed by atoms with van der Waals surface area (Å²) < 4.78 is 83.7. The van der Waals surface area contributed by atoms with Gasteiger partial charge in [0, 0.05) is 0 Å². The van der Waals surface area contributed by atoms with Gasteiger partial charge in [0.1, 0.15) is 0 Å². The molecule has 0 nitrogen and oxygen atoms in total. The van der Waals surface area contributed by atoms with Crippen molar-refractivity contribution in [3.05, 3.63) is 106 Å². The number of rotatable bonds is 5. The number of halogens is 8. The molecular weight excluding hydrogens is 701 g/mol. The Morgan fingerprint density at radius 2 is 1.47 bits per heavy atom. The third-order valence-electron chi connectivity index (χ3n) is 8.47. The van der Waals surface area contributed by atoms with E-state index in [9.17, 15) is 26.3 Å². The maximum absolute atomic E-state index is 13.8. The van der Waals surface area contributed by atoms with Crippen LogP contribution in [0.15, 0.2) is 78.4 Å². The molecule has 43 heavy (non-hydrogen) atoms. The van der Waals surface area contributed by atoms with Crippen molar-refractivity contribution in [3.8, 4) is 22.3 Å². The van der Waals surface area contributed by atoms with Crippen molar-refractivity contribution in [2.45, 2.75) is 42.7 Å². The minimum absolute atomic E-state index is 0.111. The Labute approximate surface area is 260 Å². The van der Waals surface area contributed by atoms with E-state index in [1.165, 1.54) is 15.9 Å². The number of fused-ring (bicyclic) bond motifs is 4. The van der Waals surface area contributed by atoms with Crippen molar-refractivity contribution in [1.29, 1.82) is 0 Å². The summed E-state index contributed by atoms with van der Waals surface area (Å²) in [6, 6.07) is 20.0. The number of aryl methyl sites for hydroxylation is 1. The van der Waals surface area contributed by atoms with Crippen LogP contribution >= 0.6 is 17.0 Å². The normalized spacial score (nSPS) is 16.7.